The van der Waals surface area contributed by atoms with Crippen LogP contribution in [-0.4, -0.2) is 20.2 Å². The molecule has 0 aliphatic rings. The number of hydrogen-bond donors (Lipinski definition) is 3. The van der Waals surface area contributed by atoms with Gasteiger partial charge in [-0.2, -0.15) is 0 Å². The molecule has 3 rings (SSSR count). The first-order valence-electron chi connectivity index (χ1n) is 9.01. The Morgan fingerprint density at radius 3 is 1.91 bits per heavy atom. The van der Waals surface area contributed by atoms with Gasteiger partial charge in [0, 0.05) is 24.0 Å². The molecule has 0 aliphatic carbocycles. The van der Waals surface area contributed by atoms with Crippen molar-refractivity contribution in [1.82, 2.24) is 0 Å². The smallest absolute Gasteiger partial charge is 0.263 e. The summed E-state index contributed by atoms with van der Waals surface area (Å²) in [6, 6.07) is 13.2. The molecule has 0 unspecified atom stereocenters. The molecular weight excluding hydrogens is 480 g/mol. The number of carbonyl (C=O) groups excluding carboxylic acids is 2. The maximum atomic E-state index is 13.1. The summed E-state index contributed by atoms with van der Waals surface area (Å²) in [5, 5.41) is 4.95. The molecule has 11 heteroatoms. The van der Waals surface area contributed by atoms with E-state index in [4.69, 9.17) is 23.2 Å². The summed E-state index contributed by atoms with van der Waals surface area (Å²) < 4.78 is 40.9. The van der Waals surface area contributed by atoms with Crippen LogP contribution in [-0.2, 0) is 14.8 Å². The highest BCUT2D eigenvalue weighted by Crippen LogP contribution is 2.30. The van der Waals surface area contributed by atoms with Crippen molar-refractivity contribution in [2.45, 2.75) is 11.8 Å². The number of benzene rings is 3. The van der Waals surface area contributed by atoms with Crippen LogP contribution in [0.3, 0.4) is 0 Å². The van der Waals surface area contributed by atoms with Crippen molar-refractivity contribution in [3.63, 3.8) is 0 Å². The average Bonchev–Trinajstić information content (AvgIpc) is 2.70. The first-order chi connectivity index (χ1) is 15.0. The summed E-state index contributed by atoms with van der Waals surface area (Å²) in [5.74, 6) is -1.43. The third-order valence-electron chi connectivity index (χ3n) is 4.12. The first kappa shape index (κ1) is 23.5. The molecule has 2 amide bonds. The molecule has 3 aromatic carbocycles. The second kappa shape index (κ2) is 9.56. The number of carbonyl (C=O) groups is 2. The highest BCUT2D eigenvalue weighted by Gasteiger charge is 2.23. The Balaban J connectivity index is 1.86. The predicted octanol–water partition coefficient (Wildman–Crippen LogP) is 5.14. The quantitative estimate of drug-likeness (QED) is 0.440. The molecule has 0 aliphatic heterocycles. The van der Waals surface area contributed by atoms with E-state index in [9.17, 15) is 22.4 Å². The minimum atomic E-state index is -4.20. The normalized spacial score (nSPS) is 11.0. The molecule has 7 nitrogen and oxygen atoms in total. The van der Waals surface area contributed by atoms with Gasteiger partial charge >= 0.3 is 0 Å². The fourth-order valence-corrected chi connectivity index (χ4v) is 4.59. The van der Waals surface area contributed by atoms with Gasteiger partial charge < -0.3 is 10.6 Å². The van der Waals surface area contributed by atoms with Crippen molar-refractivity contribution in [3.8, 4) is 0 Å². The fourth-order valence-electron chi connectivity index (χ4n) is 2.68. The standard InChI is InChI=1S/C21H16Cl2FN3O4S/c1-12(28)25-14-6-8-15(9-7-14)26-21(29)17-10-20(19(23)11-18(17)22)32(30,31)27-16-4-2-13(24)3-5-16/h2-11,27H,1H3,(H,25,28)(H,26,29). The van der Waals surface area contributed by atoms with E-state index in [1.165, 1.54) is 19.1 Å². The summed E-state index contributed by atoms with van der Waals surface area (Å²) in [5.41, 5.74) is 0.924. The lowest BCUT2D eigenvalue weighted by Crippen LogP contribution is -2.17. The number of hydrogen-bond acceptors (Lipinski definition) is 4. The molecule has 166 valence electrons. The number of rotatable bonds is 6. The molecule has 3 N–H and O–H groups in total. The molecule has 0 fully saturated rings. The van der Waals surface area contributed by atoms with Crippen LogP contribution >= 0.6 is 23.2 Å². The van der Waals surface area contributed by atoms with E-state index < -0.39 is 21.7 Å². The molecular formula is C21H16Cl2FN3O4S. The van der Waals surface area contributed by atoms with Crippen LogP contribution in [0, 0.1) is 5.82 Å². The lowest BCUT2D eigenvalue weighted by atomic mass is 10.2. The Kier molecular flexibility index (Phi) is 7.02. The van der Waals surface area contributed by atoms with Gasteiger partial charge in [0.2, 0.25) is 5.91 Å². The summed E-state index contributed by atoms with van der Waals surface area (Å²) in [7, 11) is -4.20. The Bertz CT molecular complexity index is 1280. The van der Waals surface area contributed by atoms with Gasteiger partial charge in [-0.05, 0) is 60.7 Å². The van der Waals surface area contributed by atoms with E-state index in [-0.39, 0.29) is 32.1 Å². The molecule has 0 saturated carbocycles. The highest BCUT2D eigenvalue weighted by molar-refractivity contribution is 7.92. The van der Waals surface area contributed by atoms with Crippen molar-refractivity contribution in [2.75, 3.05) is 15.4 Å². The van der Waals surface area contributed by atoms with Crippen LogP contribution in [0.1, 0.15) is 17.3 Å². The predicted molar refractivity (Wildman–Crippen MR) is 122 cm³/mol. The lowest BCUT2D eigenvalue weighted by molar-refractivity contribution is -0.114. The van der Waals surface area contributed by atoms with Crippen LogP contribution in [0.2, 0.25) is 10.0 Å². The zero-order valence-electron chi connectivity index (χ0n) is 16.4. The van der Waals surface area contributed by atoms with Crippen LogP contribution in [0.5, 0.6) is 0 Å². The number of halogens is 3. The molecule has 3 aromatic rings. The van der Waals surface area contributed by atoms with Gasteiger partial charge in [-0.3, -0.25) is 14.3 Å². The third kappa shape index (κ3) is 5.76. The topological polar surface area (TPSA) is 104 Å². The second-order valence-electron chi connectivity index (χ2n) is 6.59. The maximum Gasteiger partial charge on any atom is 0.263 e. The molecule has 0 bridgehead atoms. The lowest BCUT2D eigenvalue weighted by Gasteiger charge is -2.13. The van der Waals surface area contributed by atoms with Crippen molar-refractivity contribution in [1.29, 1.82) is 0 Å². The van der Waals surface area contributed by atoms with Gasteiger partial charge in [0.15, 0.2) is 0 Å². The zero-order chi connectivity index (χ0) is 23.5. The number of sulfonamides is 1. The van der Waals surface area contributed by atoms with E-state index in [0.29, 0.717) is 11.4 Å². The zero-order valence-corrected chi connectivity index (χ0v) is 18.8. The fraction of sp³-hybridized carbons (Fsp3) is 0.0476. The van der Waals surface area contributed by atoms with E-state index in [1.54, 1.807) is 24.3 Å². The van der Waals surface area contributed by atoms with Crippen molar-refractivity contribution in [3.05, 3.63) is 82.1 Å². The van der Waals surface area contributed by atoms with Crippen LogP contribution in [0.25, 0.3) is 0 Å². The van der Waals surface area contributed by atoms with Crippen molar-refractivity contribution in [2.24, 2.45) is 0 Å². The van der Waals surface area contributed by atoms with Crippen LogP contribution in [0.4, 0.5) is 21.5 Å². The Labute approximate surface area is 193 Å². The van der Waals surface area contributed by atoms with Crippen molar-refractivity contribution >= 4 is 62.1 Å². The molecule has 0 radical (unpaired) electrons. The number of nitrogens with one attached hydrogen (secondary N) is 3. The van der Waals surface area contributed by atoms with E-state index in [2.05, 4.69) is 15.4 Å². The molecule has 0 atom stereocenters. The molecule has 0 spiro atoms. The molecule has 0 saturated heterocycles. The van der Waals surface area contributed by atoms with Crippen LogP contribution in [0.15, 0.2) is 65.6 Å². The second-order valence-corrected chi connectivity index (χ2v) is 9.05. The van der Waals surface area contributed by atoms with E-state index in [0.717, 1.165) is 24.3 Å². The van der Waals surface area contributed by atoms with Crippen LogP contribution < -0.4 is 15.4 Å². The third-order valence-corrected chi connectivity index (χ3v) is 6.27. The van der Waals surface area contributed by atoms with E-state index in [1.807, 2.05) is 0 Å². The van der Waals surface area contributed by atoms with Gasteiger partial charge in [-0.15, -0.1) is 0 Å². The minimum absolute atomic E-state index is 0.0527. The minimum Gasteiger partial charge on any atom is -0.326 e. The summed E-state index contributed by atoms with van der Waals surface area (Å²) in [4.78, 5) is 23.4. The summed E-state index contributed by atoms with van der Waals surface area (Å²) in [6.07, 6.45) is 0. The molecule has 0 aromatic heterocycles. The Hall–Kier alpha value is -3.14. The van der Waals surface area contributed by atoms with Gasteiger partial charge in [0.05, 0.1) is 15.6 Å². The van der Waals surface area contributed by atoms with Gasteiger partial charge in [0.1, 0.15) is 10.7 Å². The summed E-state index contributed by atoms with van der Waals surface area (Å²) >= 11 is 12.2. The Morgan fingerprint density at radius 2 is 1.34 bits per heavy atom. The van der Waals surface area contributed by atoms with Gasteiger partial charge in [0.25, 0.3) is 15.9 Å². The number of amides is 2. The van der Waals surface area contributed by atoms with Gasteiger partial charge in [-0.1, -0.05) is 23.2 Å². The molecule has 32 heavy (non-hydrogen) atoms. The summed E-state index contributed by atoms with van der Waals surface area (Å²) in [6.45, 7) is 1.37. The SMILES string of the molecule is CC(=O)Nc1ccc(NC(=O)c2cc(S(=O)(=O)Nc3ccc(F)cc3)c(Cl)cc2Cl)cc1. The van der Waals surface area contributed by atoms with E-state index >= 15 is 0 Å². The number of anilines is 3. The van der Waals surface area contributed by atoms with Gasteiger partial charge in [-0.25, -0.2) is 12.8 Å². The highest BCUT2D eigenvalue weighted by atomic mass is 35.5. The first-order valence-corrected chi connectivity index (χ1v) is 11.3. The monoisotopic (exact) mass is 495 g/mol. The largest absolute Gasteiger partial charge is 0.326 e. The Morgan fingerprint density at radius 1 is 0.812 bits per heavy atom. The maximum absolute atomic E-state index is 13.1. The molecule has 0 heterocycles. The average molecular weight is 496 g/mol. The van der Waals surface area contributed by atoms with Crippen molar-refractivity contribution < 1.29 is 22.4 Å².